The monoisotopic (exact) mass is 262 g/mol. The zero-order valence-electron chi connectivity index (χ0n) is 10.0. The number of aromatic nitrogens is 2. The first-order chi connectivity index (χ1) is 8.74. The van der Waals surface area contributed by atoms with E-state index in [4.69, 9.17) is 11.6 Å². The van der Waals surface area contributed by atoms with Crippen LogP contribution in [0.15, 0.2) is 30.5 Å². The van der Waals surface area contributed by atoms with Crippen molar-refractivity contribution in [2.75, 3.05) is 0 Å². The molecule has 2 aromatic rings. The van der Waals surface area contributed by atoms with Gasteiger partial charge in [0.2, 0.25) is 0 Å². The number of benzene rings is 1. The maximum Gasteiger partial charge on any atom is 0.132 e. The van der Waals surface area contributed by atoms with Gasteiger partial charge in [0.25, 0.3) is 0 Å². The van der Waals surface area contributed by atoms with Gasteiger partial charge in [0, 0.05) is 23.3 Å². The highest BCUT2D eigenvalue weighted by Crippen LogP contribution is 2.25. The summed E-state index contributed by atoms with van der Waals surface area (Å²) in [5.41, 5.74) is 2.25. The van der Waals surface area contributed by atoms with E-state index in [0.717, 1.165) is 41.4 Å². The molecule has 1 N–H and O–H groups in total. The SMILES string of the molecule is OC1CCCc2cnc(Cc3cccc(Cl)c3)n21. The summed E-state index contributed by atoms with van der Waals surface area (Å²) in [7, 11) is 0. The van der Waals surface area contributed by atoms with E-state index in [1.165, 1.54) is 0 Å². The third kappa shape index (κ3) is 2.16. The van der Waals surface area contributed by atoms with Crippen LogP contribution in [0.2, 0.25) is 5.02 Å². The Kier molecular flexibility index (Phi) is 3.10. The van der Waals surface area contributed by atoms with Crippen molar-refractivity contribution in [3.63, 3.8) is 0 Å². The van der Waals surface area contributed by atoms with E-state index in [2.05, 4.69) is 4.98 Å². The van der Waals surface area contributed by atoms with E-state index in [1.807, 2.05) is 35.0 Å². The highest BCUT2D eigenvalue weighted by atomic mass is 35.5. The fourth-order valence-electron chi connectivity index (χ4n) is 2.54. The van der Waals surface area contributed by atoms with Crippen LogP contribution in [0.5, 0.6) is 0 Å². The van der Waals surface area contributed by atoms with Crippen LogP contribution in [0.1, 0.15) is 36.2 Å². The Morgan fingerprint density at radius 1 is 1.44 bits per heavy atom. The lowest BCUT2D eigenvalue weighted by Crippen LogP contribution is -2.19. The maximum atomic E-state index is 10.1. The number of hydrogen-bond acceptors (Lipinski definition) is 2. The predicted octanol–water partition coefficient (Wildman–Crippen LogP) is 2.95. The molecule has 1 unspecified atom stereocenters. The minimum Gasteiger partial charge on any atom is -0.373 e. The number of aryl methyl sites for hydroxylation is 1. The largest absolute Gasteiger partial charge is 0.373 e. The molecule has 0 radical (unpaired) electrons. The second-order valence-electron chi connectivity index (χ2n) is 4.72. The number of halogens is 1. The van der Waals surface area contributed by atoms with Crippen LogP contribution in [0, 0.1) is 0 Å². The van der Waals surface area contributed by atoms with Crippen LogP contribution in [-0.4, -0.2) is 14.7 Å². The molecule has 0 fully saturated rings. The number of aliphatic hydroxyl groups is 1. The highest BCUT2D eigenvalue weighted by Gasteiger charge is 2.21. The van der Waals surface area contributed by atoms with E-state index in [1.54, 1.807) is 0 Å². The number of rotatable bonds is 2. The molecule has 4 heteroatoms. The second-order valence-corrected chi connectivity index (χ2v) is 5.15. The van der Waals surface area contributed by atoms with E-state index in [0.29, 0.717) is 6.42 Å². The lowest BCUT2D eigenvalue weighted by Gasteiger charge is -2.22. The standard InChI is InChI=1S/C14H15ClN2O/c15-11-4-1-3-10(7-11)8-13-16-9-12-5-2-6-14(18)17(12)13/h1,3-4,7,9,14,18H,2,5-6,8H2. The molecule has 0 spiro atoms. The third-order valence-electron chi connectivity index (χ3n) is 3.39. The molecule has 2 heterocycles. The Morgan fingerprint density at radius 2 is 2.33 bits per heavy atom. The fraction of sp³-hybridized carbons (Fsp3) is 0.357. The highest BCUT2D eigenvalue weighted by molar-refractivity contribution is 6.30. The molecule has 1 atom stereocenters. The van der Waals surface area contributed by atoms with E-state index >= 15 is 0 Å². The van der Waals surface area contributed by atoms with Gasteiger partial charge in [0.1, 0.15) is 12.1 Å². The summed E-state index contributed by atoms with van der Waals surface area (Å²) in [6.45, 7) is 0. The lowest BCUT2D eigenvalue weighted by atomic mass is 10.1. The molecule has 1 aliphatic rings. The molecule has 1 aromatic heterocycles. The topological polar surface area (TPSA) is 38.1 Å². The second kappa shape index (κ2) is 4.75. The van der Waals surface area contributed by atoms with Gasteiger partial charge in [-0.25, -0.2) is 4.98 Å². The average molecular weight is 263 g/mol. The average Bonchev–Trinajstić information content (AvgIpc) is 2.74. The van der Waals surface area contributed by atoms with Gasteiger partial charge in [0.15, 0.2) is 0 Å². The summed E-state index contributed by atoms with van der Waals surface area (Å²) in [6.07, 6.45) is 5.00. The van der Waals surface area contributed by atoms with Crippen molar-refractivity contribution in [1.82, 2.24) is 9.55 Å². The third-order valence-corrected chi connectivity index (χ3v) is 3.63. The Bertz CT molecular complexity index is 565. The molecule has 3 nitrogen and oxygen atoms in total. The van der Waals surface area contributed by atoms with Crippen LogP contribution >= 0.6 is 11.6 Å². The number of fused-ring (bicyclic) bond motifs is 1. The first-order valence-electron chi connectivity index (χ1n) is 6.21. The van der Waals surface area contributed by atoms with E-state index < -0.39 is 6.23 Å². The van der Waals surface area contributed by atoms with Gasteiger partial charge < -0.3 is 9.67 Å². The zero-order chi connectivity index (χ0) is 12.5. The smallest absolute Gasteiger partial charge is 0.132 e. The summed E-state index contributed by atoms with van der Waals surface area (Å²) in [4.78, 5) is 4.43. The molecule has 3 rings (SSSR count). The van der Waals surface area contributed by atoms with Gasteiger partial charge in [-0.3, -0.25) is 0 Å². The van der Waals surface area contributed by atoms with Crippen molar-refractivity contribution >= 4 is 11.6 Å². The van der Waals surface area contributed by atoms with Crippen molar-refractivity contribution in [2.45, 2.75) is 31.9 Å². The Morgan fingerprint density at radius 3 is 3.17 bits per heavy atom. The van der Waals surface area contributed by atoms with Crippen molar-refractivity contribution < 1.29 is 5.11 Å². The van der Waals surface area contributed by atoms with Crippen molar-refractivity contribution in [3.8, 4) is 0 Å². The molecule has 1 aromatic carbocycles. The normalized spacial score (nSPS) is 18.7. The maximum absolute atomic E-state index is 10.1. The quantitative estimate of drug-likeness (QED) is 0.904. The number of hydrogen-bond donors (Lipinski definition) is 1. The molecule has 0 saturated carbocycles. The molecule has 0 aliphatic carbocycles. The van der Waals surface area contributed by atoms with Gasteiger partial charge in [-0.05, 0) is 37.0 Å². The van der Waals surface area contributed by atoms with Crippen molar-refractivity contribution in [2.24, 2.45) is 0 Å². The molecular weight excluding hydrogens is 248 g/mol. The Labute approximate surface area is 111 Å². The minimum absolute atomic E-state index is 0.426. The van der Waals surface area contributed by atoms with E-state index in [-0.39, 0.29) is 0 Å². The van der Waals surface area contributed by atoms with Crippen LogP contribution < -0.4 is 0 Å². The summed E-state index contributed by atoms with van der Waals surface area (Å²) < 4.78 is 1.96. The van der Waals surface area contributed by atoms with Crippen LogP contribution in [0.3, 0.4) is 0 Å². The molecule has 1 aliphatic heterocycles. The van der Waals surface area contributed by atoms with Crippen LogP contribution in [-0.2, 0) is 12.8 Å². The van der Waals surface area contributed by atoms with Gasteiger partial charge >= 0.3 is 0 Å². The lowest BCUT2D eigenvalue weighted by molar-refractivity contribution is 0.0762. The molecule has 94 valence electrons. The predicted molar refractivity (Wildman–Crippen MR) is 70.7 cm³/mol. The summed E-state index contributed by atoms with van der Waals surface area (Å²) >= 11 is 5.98. The number of nitrogens with zero attached hydrogens (tertiary/aromatic N) is 2. The number of aliphatic hydroxyl groups excluding tert-OH is 1. The summed E-state index contributed by atoms with van der Waals surface area (Å²) in [5, 5.41) is 10.8. The zero-order valence-corrected chi connectivity index (χ0v) is 10.8. The van der Waals surface area contributed by atoms with Crippen molar-refractivity contribution in [3.05, 3.63) is 52.6 Å². The summed E-state index contributed by atoms with van der Waals surface area (Å²) in [5.74, 6) is 0.916. The first kappa shape index (κ1) is 11.8. The van der Waals surface area contributed by atoms with Crippen LogP contribution in [0.4, 0.5) is 0 Å². The fourth-order valence-corrected chi connectivity index (χ4v) is 2.76. The minimum atomic E-state index is -0.426. The molecule has 18 heavy (non-hydrogen) atoms. The molecule has 0 amide bonds. The van der Waals surface area contributed by atoms with Gasteiger partial charge in [-0.15, -0.1) is 0 Å². The Hall–Kier alpha value is -1.32. The molecular formula is C14H15ClN2O. The summed E-state index contributed by atoms with van der Waals surface area (Å²) in [6, 6.07) is 7.77. The van der Waals surface area contributed by atoms with Gasteiger partial charge in [-0.1, -0.05) is 23.7 Å². The van der Waals surface area contributed by atoms with Gasteiger partial charge in [0.05, 0.1) is 0 Å². The van der Waals surface area contributed by atoms with Crippen LogP contribution in [0.25, 0.3) is 0 Å². The van der Waals surface area contributed by atoms with Crippen molar-refractivity contribution in [1.29, 1.82) is 0 Å². The first-order valence-corrected chi connectivity index (χ1v) is 6.59. The van der Waals surface area contributed by atoms with E-state index in [9.17, 15) is 5.11 Å². The molecule has 0 bridgehead atoms. The number of imidazole rings is 1. The van der Waals surface area contributed by atoms with Gasteiger partial charge in [-0.2, -0.15) is 0 Å². The Balaban J connectivity index is 1.92. The molecule has 0 saturated heterocycles.